The summed E-state index contributed by atoms with van der Waals surface area (Å²) in [7, 11) is 8.31. The predicted molar refractivity (Wildman–Crippen MR) is 190 cm³/mol. The number of nitrogens with zero attached hydrogens (tertiary/aromatic N) is 2. The number of anilines is 2. The lowest BCUT2D eigenvalue weighted by atomic mass is 9.68. The lowest BCUT2D eigenvalue weighted by Crippen LogP contribution is -2.19. The van der Waals surface area contributed by atoms with Gasteiger partial charge >= 0.3 is 0 Å². The molecule has 0 N–H and O–H groups in total. The molecule has 218 valence electrons. The topological polar surface area (TPSA) is 6.48 Å². The molecule has 4 heteroatoms. The number of hydrogen-bond donors (Lipinski definition) is 0. The first-order valence-electron chi connectivity index (χ1n) is 14.8. The Morgan fingerprint density at radius 2 is 1.02 bits per heavy atom. The summed E-state index contributed by atoms with van der Waals surface area (Å²) in [6.45, 7) is 0. The van der Waals surface area contributed by atoms with Crippen LogP contribution in [0.15, 0.2) is 150 Å². The third-order valence-electron chi connectivity index (χ3n) is 8.27. The van der Waals surface area contributed by atoms with Gasteiger partial charge in [-0.15, -0.1) is 0 Å². The highest BCUT2D eigenvalue weighted by molar-refractivity contribution is 6.31. The highest BCUT2D eigenvalue weighted by Gasteiger charge is 2.38. The minimum Gasteiger partial charge on any atom is -0.378 e. The van der Waals surface area contributed by atoms with Crippen LogP contribution in [-0.4, -0.2) is 28.2 Å². The Morgan fingerprint density at radius 3 is 1.48 bits per heavy atom. The number of benzene rings is 4. The van der Waals surface area contributed by atoms with Crippen LogP contribution < -0.4 is 9.80 Å². The molecule has 0 heterocycles. The molecule has 0 saturated heterocycles. The first-order valence-corrected chi connectivity index (χ1v) is 15.5. The van der Waals surface area contributed by atoms with Crippen molar-refractivity contribution in [3.63, 3.8) is 0 Å². The van der Waals surface area contributed by atoms with Gasteiger partial charge in [-0.25, -0.2) is 0 Å². The summed E-state index contributed by atoms with van der Waals surface area (Å²) in [6.07, 6.45) is 13.3. The van der Waals surface area contributed by atoms with Gasteiger partial charge in [-0.3, -0.25) is 0 Å². The van der Waals surface area contributed by atoms with E-state index in [1.807, 2.05) is 24.3 Å². The second kappa shape index (κ2) is 12.7. The van der Waals surface area contributed by atoms with Crippen molar-refractivity contribution in [2.45, 2.75) is 5.92 Å². The van der Waals surface area contributed by atoms with Gasteiger partial charge in [0.25, 0.3) is 0 Å². The Morgan fingerprint density at radius 1 is 0.568 bits per heavy atom. The summed E-state index contributed by atoms with van der Waals surface area (Å²) in [5, 5.41) is 1.43. The van der Waals surface area contributed by atoms with Crippen LogP contribution in [0.4, 0.5) is 11.4 Å². The van der Waals surface area contributed by atoms with Crippen molar-refractivity contribution < 1.29 is 0 Å². The van der Waals surface area contributed by atoms with Gasteiger partial charge in [0.1, 0.15) is 0 Å². The van der Waals surface area contributed by atoms with Gasteiger partial charge < -0.3 is 9.80 Å². The smallest absolute Gasteiger partial charge is 0.0738 e. The number of allylic oxidation sites excluding steroid dienone is 9. The SMILES string of the molecule is CN(C)c1ccc(C(C2=CC=CC3=CC=CC(=C(c4ccc(Cl)cc4)c4ccc(Cl)cc4)[C+]32)c2ccc(N(C)C)cc2)cc1. The summed E-state index contributed by atoms with van der Waals surface area (Å²) in [4.78, 5) is 4.28. The fourth-order valence-electron chi connectivity index (χ4n) is 6.01. The zero-order valence-corrected chi connectivity index (χ0v) is 26.9. The average molecular weight is 615 g/mol. The van der Waals surface area contributed by atoms with Crippen molar-refractivity contribution in [3.05, 3.63) is 188 Å². The highest BCUT2D eigenvalue weighted by atomic mass is 35.5. The van der Waals surface area contributed by atoms with Crippen LogP contribution in [0.3, 0.4) is 0 Å². The molecule has 0 aliphatic heterocycles. The molecule has 0 fully saturated rings. The zero-order valence-electron chi connectivity index (χ0n) is 25.4. The van der Waals surface area contributed by atoms with E-state index in [2.05, 4.69) is 147 Å². The number of hydrogen-bond acceptors (Lipinski definition) is 2. The summed E-state index contributed by atoms with van der Waals surface area (Å²) >= 11 is 12.7. The third kappa shape index (κ3) is 6.01. The summed E-state index contributed by atoms with van der Waals surface area (Å²) < 4.78 is 0. The maximum atomic E-state index is 6.36. The minimum absolute atomic E-state index is 0.0176. The Bertz CT molecular complexity index is 1690. The van der Waals surface area contributed by atoms with Gasteiger partial charge in [0.2, 0.25) is 0 Å². The number of fused-ring (bicyclic) bond motifs is 1. The number of halogens is 2. The fourth-order valence-corrected chi connectivity index (χ4v) is 6.26. The van der Waals surface area contributed by atoms with Crippen molar-refractivity contribution >= 4 is 40.1 Å². The van der Waals surface area contributed by atoms with Crippen molar-refractivity contribution in [1.82, 2.24) is 0 Å². The largest absolute Gasteiger partial charge is 0.378 e. The van der Waals surface area contributed by atoms with Crippen LogP contribution in [0.2, 0.25) is 10.0 Å². The van der Waals surface area contributed by atoms with E-state index < -0.39 is 0 Å². The molecule has 44 heavy (non-hydrogen) atoms. The lowest BCUT2D eigenvalue weighted by molar-refractivity contribution is 0.915. The van der Waals surface area contributed by atoms with E-state index in [0.29, 0.717) is 10.0 Å². The van der Waals surface area contributed by atoms with Crippen molar-refractivity contribution in [2.24, 2.45) is 0 Å². The van der Waals surface area contributed by atoms with Gasteiger partial charge in [0.15, 0.2) is 0 Å². The van der Waals surface area contributed by atoms with E-state index in [1.54, 1.807) is 0 Å². The molecular weight excluding hydrogens is 579 g/mol. The second-order valence-corrected chi connectivity index (χ2v) is 12.4. The van der Waals surface area contributed by atoms with Gasteiger partial charge in [0.05, 0.1) is 17.1 Å². The first kappa shape index (κ1) is 29.7. The Hall–Kier alpha value is -4.37. The molecule has 0 bridgehead atoms. The predicted octanol–water partition coefficient (Wildman–Crippen LogP) is 10.3. The fraction of sp³-hybridized carbons (Fsp3) is 0.125. The monoisotopic (exact) mass is 613 g/mol. The maximum absolute atomic E-state index is 6.36. The molecule has 4 aromatic carbocycles. The van der Waals surface area contributed by atoms with E-state index in [1.165, 1.54) is 45.1 Å². The van der Waals surface area contributed by atoms with Crippen molar-refractivity contribution in [1.29, 1.82) is 0 Å². The van der Waals surface area contributed by atoms with Crippen LogP contribution in [0, 0.1) is 5.92 Å². The molecule has 4 aromatic rings. The molecule has 2 nitrogen and oxygen atoms in total. The Labute approximate surface area is 271 Å². The van der Waals surface area contributed by atoms with Crippen molar-refractivity contribution in [3.8, 4) is 0 Å². The molecule has 6 rings (SSSR count). The van der Waals surface area contributed by atoms with Gasteiger partial charge in [0, 0.05) is 96.0 Å². The van der Waals surface area contributed by atoms with E-state index in [4.69, 9.17) is 23.2 Å². The molecule has 0 atom stereocenters. The van der Waals surface area contributed by atoms with E-state index in [-0.39, 0.29) is 5.92 Å². The van der Waals surface area contributed by atoms with Crippen LogP contribution in [0.25, 0.3) is 5.57 Å². The molecule has 0 spiro atoms. The van der Waals surface area contributed by atoms with Gasteiger partial charge in [-0.1, -0.05) is 47.5 Å². The molecule has 2 aliphatic carbocycles. The Kier molecular flexibility index (Phi) is 8.57. The second-order valence-electron chi connectivity index (χ2n) is 11.5. The van der Waals surface area contributed by atoms with E-state index >= 15 is 0 Å². The number of rotatable bonds is 7. The quantitative estimate of drug-likeness (QED) is 0.191. The molecule has 0 saturated carbocycles. The normalized spacial score (nSPS) is 13.9. The highest BCUT2D eigenvalue weighted by Crippen LogP contribution is 2.49. The molecule has 2 aliphatic rings. The van der Waals surface area contributed by atoms with Gasteiger partial charge in [-0.2, -0.15) is 0 Å². The summed E-state index contributed by atoms with van der Waals surface area (Å²) in [5.74, 6) is 1.25. The summed E-state index contributed by atoms with van der Waals surface area (Å²) in [5.41, 5.74) is 11.8. The molecule has 0 radical (unpaired) electrons. The van der Waals surface area contributed by atoms with Crippen molar-refractivity contribution in [2.75, 3.05) is 38.0 Å². The Balaban J connectivity index is 1.57. The first-order chi connectivity index (χ1) is 21.3. The molecule has 0 unspecified atom stereocenters. The molecule has 0 amide bonds. The third-order valence-corrected chi connectivity index (χ3v) is 8.77. The van der Waals surface area contributed by atoms with Crippen LogP contribution in [0.5, 0.6) is 0 Å². The zero-order chi connectivity index (χ0) is 30.8. The van der Waals surface area contributed by atoms with Crippen LogP contribution in [-0.2, 0) is 0 Å². The standard InChI is InChI=1S/C40H35Cl2N2/c1-43(2)34-23-15-30(16-24-34)39(31-17-25-35(26-18-31)44(3)4)37-10-6-8-27-7-5-9-36(40(27)37)38(28-11-19-32(41)20-12-28)29-13-21-33(42)22-14-29/h5-26,39H,1-4H3/q+1. The lowest BCUT2D eigenvalue weighted by Gasteiger charge is -2.30. The van der Waals surface area contributed by atoms with Crippen LogP contribution in [0.1, 0.15) is 28.2 Å². The molecule has 0 aromatic heterocycles. The summed E-state index contributed by atoms with van der Waals surface area (Å²) in [6, 6.07) is 34.2. The maximum Gasteiger partial charge on any atom is 0.0738 e. The van der Waals surface area contributed by atoms with E-state index in [9.17, 15) is 0 Å². The molecular formula is C40H35Cl2N2+. The van der Waals surface area contributed by atoms with Crippen LogP contribution >= 0.6 is 23.2 Å². The van der Waals surface area contributed by atoms with E-state index in [0.717, 1.165) is 16.7 Å². The average Bonchev–Trinajstić information content (AvgIpc) is 3.04. The minimum atomic E-state index is 0.0176. The van der Waals surface area contributed by atoms with Gasteiger partial charge in [-0.05, 0) is 102 Å².